The van der Waals surface area contributed by atoms with Crippen LogP contribution in [-0.4, -0.2) is 23.1 Å². The molecule has 0 aliphatic rings. The van der Waals surface area contributed by atoms with Gasteiger partial charge in [0.2, 0.25) is 0 Å². The van der Waals surface area contributed by atoms with E-state index < -0.39 is 18.0 Å². The molecule has 0 saturated heterocycles. The van der Waals surface area contributed by atoms with Crippen molar-refractivity contribution in [2.24, 2.45) is 0 Å². The molecule has 0 aliphatic carbocycles. The number of hydrogen-bond acceptors (Lipinski definition) is 2. The van der Waals surface area contributed by atoms with Crippen LogP contribution in [0.3, 0.4) is 0 Å². The van der Waals surface area contributed by atoms with Crippen LogP contribution in [0.1, 0.15) is 17.5 Å². The van der Waals surface area contributed by atoms with Crippen LogP contribution < -0.4 is 10.6 Å². The van der Waals surface area contributed by atoms with Gasteiger partial charge in [0.05, 0.1) is 0 Å². The largest absolute Gasteiger partial charge is 0.480 e. The maximum atomic E-state index is 11.8. The van der Waals surface area contributed by atoms with E-state index in [1.165, 1.54) is 6.08 Å². The third-order valence-electron chi connectivity index (χ3n) is 2.73. The lowest BCUT2D eigenvalue weighted by molar-refractivity contribution is -0.139. The van der Waals surface area contributed by atoms with E-state index in [-0.39, 0.29) is 6.42 Å². The minimum Gasteiger partial charge on any atom is -0.480 e. The Morgan fingerprint density at radius 1 is 1.37 bits per heavy atom. The van der Waals surface area contributed by atoms with Crippen LogP contribution in [0, 0.1) is 13.8 Å². The molecule has 5 heteroatoms. The predicted molar refractivity (Wildman–Crippen MR) is 74.3 cm³/mol. The molecule has 0 saturated carbocycles. The fourth-order valence-electron chi connectivity index (χ4n) is 1.71. The minimum absolute atomic E-state index is 0.176. The average Bonchev–Trinajstić information content (AvgIpc) is 2.33. The van der Waals surface area contributed by atoms with Gasteiger partial charge in [0, 0.05) is 5.69 Å². The van der Waals surface area contributed by atoms with Crippen LogP contribution in [0.2, 0.25) is 0 Å². The first-order chi connectivity index (χ1) is 8.95. The van der Waals surface area contributed by atoms with Crippen LogP contribution in [0.15, 0.2) is 30.9 Å². The maximum absolute atomic E-state index is 11.8. The highest BCUT2D eigenvalue weighted by Gasteiger charge is 2.18. The Morgan fingerprint density at radius 2 is 1.95 bits per heavy atom. The highest BCUT2D eigenvalue weighted by molar-refractivity contribution is 5.93. The predicted octanol–water partition coefficient (Wildman–Crippen LogP) is 2.45. The zero-order valence-corrected chi connectivity index (χ0v) is 11.1. The second kappa shape index (κ2) is 6.58. The van der Waals surface area contributed by atoms with Crippen molar-refractivity contribution in [1.29, 1.82) is 0 Å². The Balaban J connectivity index is 2.74. The molecule has 1 unspecified atom stereocenters. The summed E-state index contributed by atoms with van der Waals surface area (Å²) in [6.45, 7) is 7.22. The number of carboxylic acids is 1. The zero-order valence-electron chi connectivity index (χ0n) is 11.1. The van der Waals surface area contributed by atoms with Gasteiger partial charge in [-0.25, -0.2) is 9.59 Å². The van der Waals surface area contributed by atoms with Gasteiger partial charge in [-0.15, -0.1) is 6.58 Å². The lowest BCUT2D eigenvalue weighted by Gasteiger charge is -2.15. The van der Waals surface area contributed by atoms with Gasteiger partial charge in [-0.05, 0) is 31.4 Å². The van der Waals surface area contributed by atoms with Crippen LogP contribution in [0.25, 0.3) is 0 Å². The van der Waals surface area contributed by atoms with Gasteiger partial charge in [-0.2, -0.15) is 0 Å². The monoisotopic (exact) mass is 262 g/mol. The van der Waals surface area contributed by atoms with E-state index in [0.29, 0.717) is 5.69 Å². The fourth-order valence-corrected chi connectivity index (χ4v) is 1.71. The molecule has 0 aliphatic heterocycles. The minimum atomic E-state index is -1.09. The van der Waals surface area contributed by atoms with Crippen molar-refractivity contribution in [1.82, 2.24) is 5.32 Å². The quantitative estimate of drug-likeness (QED) is 0.713. The highest BCUT2D eigenvalue weighted by atomic mass is 16.4. The second-order valence-corrected chi connectivity index (χ2v) is 4.28. The van der Waals surface area contributed by atoms with E-state index in [9.17, 15) is 9.59 Å². The smallest absolute Gasteiger partial charge is 0.326 e. The molecular formula is C14H18N2O3. The maximum Gasteiger partial charge on any atom is 0.326 e. The number of para-hydroxylation sites is 1. The first kappa shape index (κ1) is 14.8. The van der Waals surface area contributed by atoms with E-state index in [1.807, 2.05) is 32.0 Å². The van der Waals surface area contributed by atoms with Gasteiger partial charge in [0.15, 0.2) is 0 Å². The molecule has 0 fully saturated rings. The number of benzene rings is 1. The van der Waals surface area contributed by atoms with Crippen molar-refractivity contribution in [3.05, 3.63) is 42.0 Å². The number of nitrogens with one attached hydrogen (secondary N) is 2. The summed E-state index contributed by atoms with van der Waals surface area (Å²) in [4.78, 5) is 22.7. The molecule has 2 amide bonds. The Kier molecular flexibility index (Phi) is 5.11. The number of amides is 2. The van der Waals surface area contributed by atoms with Gasteiger partial charge in [-0.1, -0.05) is 24.3 Å². The summed E-state index contributed by atoms with van der Waals surface area (Å²) in [6, 6.07) is 4.14. The molecule has 19 heavy (non-hydrogen) atoms. The molecule has 0 heterocycles. The van der Waals surface area contributed by atoms with Gasteiger partial charge in [-0.3, -0.25) is 0 Å². The van der Waals surface area contributed by atoms with Crippen molar-refractivity contribution >= 4 is 17.7 Å². The molecule has 1 atom stereocenters. The molecule has 5 nitrogen and oxygen atoms in total. The Hall–Kier alpha value is -2.30. The number of carbonyl (C=O) groups excluding carboxylic acids is 1. The lowest BCUT2D eigenvalue weighted by atomic mass is 10.1. The van der Waals surface area contributed by atoms with Gasteiger partial charge in [0.1, 0.15) is 6.04 Å². The summed E-state index contributed by atoms with van der Waals surface area (Å²) in [5.41, 5.74) is 2.54. The number of aryl methyl sites for hydroxylation is 2. The van der Waals surface area contributed by atoms with Crippen LogP contribution in [0.4, 0.5) is 10.5 Å². The molecule has 1 rings (SSSR count). The summed E-state index contributed by atoms with van der Waals surface area (Å²) in [5.74, 6) is -1.09. The second-order valence-electron chi connectivity index (χ2n) is 4.28. The molecule has 1 aromatic carbocycles. The third kappa shape index (κ3) is 4.13. The number of carbonyl (C=O) groups is 2. The normalized spacial score (nSPS) is 11.5. The third-order valence-corrected chi connectivity index (χ3v) is 2.73. The summed E-state index contributed by atoms with van der Waals surface area (Å²) >= 11 is 0. The number of carboxylic acid groups (broad SMARTS) is 1. The summed E-state index contributed by atoms with van der Waals surface area (Å²) in [6.07, 6.45) is 1.63. The van der Waals surface area contributed by atoms with Crippen LogP contribution >= 0.6 is 0 Å². The van der Waals surface area contributed by atoms with E-state index >= 15 is 0 Å². The SMILES string of the molecule is C=CCC(NC(=O)Nc1c(C)cccc1C)C(=O)O. The van der Waals surface area contributed by atoms with E-state index in [4.69, 9.17) is 5.11 Å². The van der Waals surface area contributed by atoms with Crippen LogP contribution in [-0.2, 0) is 4.79 Å². The first-order valence-corrected chi connectivity index (χ1v) is 5.93. The van der Waals surface area contributed by atoms with Gasteiger partial charge in [0.25, 0.3) is 0 Å². The van der Waals surface area contributed by atoms with Crippen molar-refractivity contribution < 1.29 is 14.7 Å². The number of hydrogen-bond donors (Lipinski definition) is 3. The Bertz CT molecular complexity index is 477. The number of rotatable bonds is 5. The van der Waals surface area contributed by atoms with Crippen molar-refractivity contribution in [2.45, 2.75) is 26.3 Å². The molecule has 102 valence electrons. The number of urea groups is 1. The highest BCUT2D eigenvalue weighted by Crippen LogP contribution is 2.19. The molecular weight excluding hydrogens is 244 g/mol. The lowest BCUT2D eigenvalue weighted by Crippen LogP contribution is -2.42. The summed E-state index contributed by atoms with van der Waals surface area (Å²) in [5, 5.41) is 14.0. The average molecular weight is 262 g/mol. The molecule has 1 aromatic rings. The Labute approximate surface area is 112 Å². The van der Waals surface area contributed by atoms with Gasteiger partial charge >= 0.3 is 12.0 Å². The van der Waals surface area contributed by atoms with Crippen molar-refractivity contribution in [3.8, 4) is 0 Å². The standard InChI is InChI=1S/C14H18N2O3/c1-4-6-11(13(17)18)15-14(19)16-12-9(2)7-5-8-10(12)3/h4-5,7-8,11H,1,6H2,2-3H3,(H,17,18)(H2,15,16,19). The number of anilines is 1. The van der Waals surface area contributed by atoms with Gasteiger partial charge < -0.3 is 15.7 Å². The van der Waals surface area contributed by atoms with E-state index in [0.717, 1.165) is 11.1 Å². The molecule has 0 aromatic heterocycles. The fraction of sp³-hybridized carbons (Fsp3) is 0.286. The van der Waals surface area contributed by atoms with E-state index in [1.54, 1.807) is 0 Å². The van der Waals surface area contributed by atoms with Crippen LogP contribution in [0.5, 0.6) is 0 Å². The molecule has 3 N–H and O–H groups in total. The van der Waals surface area contributed by atoms with E-state index in [2.05, 4.69) is 17.2 Å². The van der Waals surface area contributed by atoms with Crippen molar-refractivity contribution in [2.75, 3.05) is 5.32 Å². The zero-order chi connectivity index (χ0) is 14.4. The van der Waals surface area contributed by atoms with Crippen molar-refractivity contribution in [3.63, 3.8) is 0 Å². The number of aliphatic carboxylic acids is 1. The summed E-state index contributed by atoms with van der Waals surface area (Å²) < 4.78 is 0. The Morgan fingerprint density at radius 3 is 2.42 bits per heavy atom. The summed E-state index contributed by atoms with van der Waals surface area (Å²) in [7, 11) is 0. The molecule has 0 radical (unpaired) electrons. The first-order valence-electron chi connectivity index (χ1n) is 5.93. The topological polar surface area (TPSA) is 78.4 Å². The molecule has 0 bridgehead atoms. The molecule has 0 spiro atoms.